The number of aromatic nitrogens is 3. The normalized spacial score (nSPS) is 11.0. The number of hydrogen-bond donors (Lipinski definition) is 1. The lowest BCUT2D eigenvalue weighted by Crippen LogP contribution is -2.18. The van der Waals surface area contributed by atoms with E-state index < -0.39 is 0 Å². The molecule has 0 spiro atoms. The summed E-state index contributed by atoms with van der Waals surface area (Å²) >= 11 is 0. The number of benzene rings is 2. The number of nitrogens with one attached hydrogen (secondary N) is 1. The maximum absolute atomic E-state index is 13.0. The molecule has 0 bridgehead atoms. The van der Waals surface area contributed by atoms with Gasteiger partial charge in [0.1, 0.15) is 5.69 Å². The fraction of sp³-hybridized carbons (Fsp3) is 0.174. The summed E-state index contributed by atoms with van der Waals surface area (Å²) in [6.45, 7) is 3.07. The number of rotatable bonds is 6. The Morgan fingerprint density at radius 3 is 2.66 bits per heavy atom. The van der Waals surface area contributed by atoms with Gasteiger partial charge in [-0.15, -0.1) is 0 Å². The lowest BCUT2D eigenvalue weighted by atomic mass is 10.2. The third kappa shape index (κ3) is 4.02. The first-order valence-corrected chi connectivity index (χ1v) is 9.44. The number of amides is 1. The summed E-state index contributed by atoms with van der Waals surface area (Å²) in [5.74, 6) is 0.513. The van der Waals surface area contributed by atoms with E-state index in [9.17, 15) is 4.79 Å². The van der Waals surface area contributed by atoms with Gasteiger partial charge in [-0.3, -0.25) is 4.79 Å². The van der Waals surface area contributed by atoms with E-state index in [4.69, 9.17) is 4.74 Å². The Balaban J connectivity index is 1.58. The van der Waals surface area contributed by atoms with Crippen LogP contribution in [-0.4, -0.2) is 34.2 Å². The molecular weight excluding hydrogens is 364 g/mol. The lowest BCUT2D eigenvalue weighted by Gasteiger charge is -2.11. The van der Waals surface area contributed by atoms with Gasteiger partial charge in [0.15, 0.2) is 5.82 Å². The molecule has 0 saturated heterocycles. The largest absolute Gasteiger partial charge is 0.383 e. The van der Waals surface area contributed by atoms with Crippen LogP contribution in [0.15, 0.2) is 66.9 Å². The quantitative estimate of drug-likeness (QED) is 0.536. The summed E-state index contributed by atoms with van der Waals surface area (Å²) in [6, 6.07) is 19.3. The topological polar surface area (TPSA) is 69.0 Å². The summed E-state index contributed by atoms with van der Waals surface area (Å²) in [5, 5.41) is 4.01. The fourth-order valence-electron chi connectivity index (χ4n) is 3.31. The monoisotopic (exact) mass is 386 g/mol. The molecule has 2 heterocycles. The third-order valence-corrected chi connectivity index (χ3v) is 4.76. The van der Waals surface area contributed by atoms with Crippen molar-refractivity contribution in [3.8, 4) is 11.4 Å². The summed E-state index contributed by atoms with van der Waals surface area (Å²) in [5.41, 5.74) is 4.16. The highest BCUT2D eigenvalue weighted by Crippen LogP contribution is 2.22. The number of aryl methyl sites for hydroxylation is 1. The van der Waals surface area contributed by atoms with Crippen molar-refractivity contribution in [2.24, 2.45) is 0 Å². The van der Waals surface area contributed by atoms with Crippen molar-refractivity contribution >= 4 is 22.5 Å². The van der Waals surface area contributed by atoms with Crippen LogP contribution < -0.4 is 5.32 Å². The smallest absolute Gasteiger partial charge is 0.272 e. The molecule has 0 unspecified atom stereocenters. The van der Waals surface area contributed by atoms with Crippen LogP contribution in [0, 0.1) is 6.92 Å². The first-order chi connectivity index (χ1) is 14.2. The molecule has 146 valence electrons. The number of methoxy groups -OCH3 is 1. The number of hydrogen-bond acceptors (Lipinski definition) is 4. The van der Waals surface area contributed by atoms with Crippen LogP contribution in [-0.2, 0) is 11.3 Å². The molecule has 0 saturated carbocycles. The van der Waals surface area contributed by atoms with Crippen molar-refractivity contribution in [2.75, 3.05) is 19.0 Å². The van der Waals surface area contributed by atoms with Crippen molar-refractivity contribution in [2.45, 2.75) is 13.5 Å². The second kappa shape index (κ2) is 8.24. The first-order valence-electron chi connectivity index (χ1n) is 9.44. The number of carbonyl (C=O) groups excluding carboxylic acids is 1. The van der Waals surface area contributed by atoms with Gasteiger partial charge in [0.2, 0.25) is 0 Å². The molecule has 6 heteroatoms. The van der Waals surface area contributed by atoms with E-state index in [-0.39, 0.29) is 5.91 Å². The minimum absolute atomic E-state index is 0.156. The summed E-state index contributed by atoms with van der Waals surface area (Å²) < 4.78 is 7.21. The second-order valence-corrected chi connectivity index (χ2v) is 6.79. The standard InChI is InChI=1S/C23H22N4O2/c1-16-11-12-24-22(25-16)17-7-9-19(10-8-17)26-23(28)21-15-18-5-3-4-6-20(18)27(21)13-14-29-2/h3-12,15H,13-14H2,1-2H3,(H,26,28). The molecule has 2 aromatic carbocycles. The van der Waals surface area contributed by atoms with Crippen molar-refractivity contribution in [3.05, 3.63) is 78.2 Å². The van der Waals surface area contributed by atoms with Crippen LogP contribution in [0.25, 0.3) is 22.3 Å². The molecule has 29 heavy (non-hydrogen) atoms. The van der Waals surface area contributed by atoms with Gasteiger partial charge in [-0.25, -0.2) is 9.97 Å². The molecule has 4 aromatic rings. The molecule has 1 amide bonds. The van der Waals surface area contributed by atoms with E-state index in [2.05, 4.69) is 15.3 Å². The zero-order valence-corrected chi connectivity index (χ0v) is 16.4. The zero-order valence-electron chi connectivity index (χ0n) is 16.4. The van der Waals surface area contributed by atoms with Gasteiger partial charge in [0.05, 0.1) is 6.61 Å². The van der Waals surface area contributed by atoms with Gasteiger partial charge < -0.3 is 14.6 Å². The molecule has 2 aromatic heterocycles. The molecule has 0 aliphatic rings. The van der Waals surface area contributed by atoms with Gasteiger partial charge in [0.25, 0.3) is 5.91 Å². The Morgan fingerprint density at radius 1 is 1.10 bits per heavy atom. The summed E-state index contributed by atoms with van der Waals surface area (Å²) in [6.07, 6.45) is 1.74. The third-order valence-electron chi connectivity index (χ3n) is 4.76. The SMILES string of the molecule is COCCn1c(C(=O)Nc2ccc(-c3nccc(C)n3)cc2)cc2ccccc21. The molecule has 6 nitrogen and oxygen atoms in total. The number of nitrogens with zero attached hydrogens (tertiary/aromatic N) is 3. The van der Waals surface area contributed by atoms with Crippen molar-refractivity contribution in [1.82, 2.24) is 14.5 Å². The molecule has 0 atom stereocenters. The average Bonchev–Trinajstić information content (AvgIpc) is 3.11. The van der Waals surface area contributed by atoms with E-state index >= 15 is 0 Å². The molecule has 0 aliphatic carbocycles. The highest BCUT2D eigenvalue weighted by atomic mass is 16.5. The van der Waals surface area contributed by atoms with E-state index in [0.717, 1.165) is 27.8 Å². The molecule has 1 N–H and O–H groups in total. The number of para-hydroxylation sites is 1. The highest BCUT2D eigenvalue weighted by molar-refractivity contribution is 6.06. The van der Waals surface area contributed by atoms with Crippen LogP contribution in [0.4, 0.5) is 5.69 Å². The molecule has 4 rings (SSSR count). The Kier molecular flexibility index (Phi) is 5.35. The van der Waals surface area contributed by atoms with Crippen molar-refractivity contribution in [1.29, 1.82) is 0 Å². The van der Waals surface area contributed by atoms with Crippen LogP contribution in [0.5, 0.6) is 0 Å². The fourth-order valence-corrected chi connectivity index (χ4v) is 3.31. The van der Waals surface area contributed by atoms with Gasteiger partial charge >= 0.3 is 0 Å². The number of anilines is 1. The van der Waals surface area contributed by atoms with Crippen molar-refractivity contribution < 1.29 is 9.53 Å². The molecule has 0 radical (unpaired) electrons. The maximum atomic E-state index is 13.0. The highest BCUT2D eigenvalue weighted by Gasteiger charge is 2.15. The van der Waals surface area contributed by atoms with Gasteiger partial charge in [0, 0.05) is 47.7 Å². The summed E-state index contributed by atoms with van der Waals surface area (Å²) in [4.78, 5) is 21.7. The lowest BCUT2D eigenvalue weighted by molar-refractivity contribution is 0.101. The molecular formula is C23H22N4O2. The van der Waals surface area contributed by atoms with E-state index in [1.54, 1.807) is 13.3 Å². The predicted molar refractivity (Wildman–Crippen MR) is 114 cm³/mol. The Labute approximate surface area is 169 Å². The van der Waals surface area contributed by atoms with Crippen LogP contribution >= 0.6 is 0 Å². The van der Waals surface area contributed by atoms with Crippen molar-refractivity contribution in [3.63, 3.8) is 0 Å². The summed E-state index contributed by atoms with van der Waals surface area (Å²) in [7, 11) is 1.66. The minimum Gasteiger partial charge on any atom is -0.383 e. The van der Waals surface area contributed by atoms with Crippen LogP contribution in [0.1, 0.15) is 16.2 Å². The second-order valence-electron chi connectivity index (χ2n) is 6.79. The Hall–Kier alpha value is -3.51. The first kappa shape index (κ1) is 18.8. The van der Waals surface area contributed by atoms with E-state index in [0.29, 0.717) is 24.7 Å². The number of fused-ring (bicyclic) bond motifs is 1. The van der Waals surface area contributed by atoms with E-state index in [1.165, 1.54) is 0 Å². The van der Waals surface area contributed by atoms with E-state index in [1.807, 2.05) is 72.2 Å². The Morgan fingerprint density at radius 2 is 1.90 bits per heavy atom. The minimum atomic E-state index is -0.156. The van der Waals surface area contributed by atoms with Gasteiger partial charge in [-0.2, -0.15) is 0 Å². The average molecular weight is 386 g/mol. The number of ether oxygens (including phenoxy) is 1. The van der Waals surface area contributed by atoms with Crippen LogP contribution in [0.3, 0.4) is 0 Å². The Bertz CT molecular complexity index is 1150. The van der Waals surface area contributed by atoms with Gasteiger partial charge in [-0.05, 0) is 49.4 Å². The predicted octanol–water partition coefficient (Wildman–Crippen LogP) is 4.31. The number of carbonyl (C=O) groups is 1. The molecule has 0 aliphatic heterocycles. The van der Waals surface area contributed by atoms with Gasteiger partial charge in [-0.1, -0.05) is 18.2 Å². The van der Waals surface area contributed by atoms with Crippen LogP contribution in [0.2, 0.25) is 0 Å². The maximum Gasteiger partial charge on any atom is 0.272 e. The zero-order chi connectivity index (χ0) is 20.2. The molecule has 0 fully saturated rings.